The van der Waals surface area contributed by atoms with Crippen molar-refractivity contribution in [2.24, 2.45) is 0 Å². The molecule has 1 aromatic rings. The summed E-state index contributed by atoms with van der Waals surface area (Å²) < 4.78 is 1.13. The lowest BCUT2D eigenvalue weighted by molar-refractivity contribution is -0.121. The first kappa shape index (κ1) is 16.2. The number of benzene rings is 1. The zero-order valence-corrected chi connectivity index (χ0v) is 13.5. The van der Waals surface area contributed by atoms with Crippen LogP contribution >= 0.6 is 15.9 Å². The van der Waals surface area contributed by atoms with Crippen molar-refractivity contribution < 1.29 is 4.79 Å². The molecule has 19 heavy (non-hydrogen) atoms. The predicted molar refractivity (Wildman–Crippen MR) is 83.1 cm³/mol. The van der Waals surface area contributed by atoms with Crippen LogP contribution in [0, 0.1) is 6.92 Å². The maximum absolute atomic E-state index is 11.6. The number of carbonyl (C=O) groups is 1. The van der Waals surface area contributed by atoms with Gasteiger partial charge in [0.2, 0.25) is 5.91 Å². The highest BCUT2D eigenvalue weighted by atomic mass is 79.9. The topological polar surface area (TPSA) is 41.1 Å². The van der Waals surface area contributed by atoms with Crippen molar-refractivity contribution in [3.05, 3.63) is 33.8 Å². The number of hydrogen-bond donors (Lipinski definition) is 2. The molecule has 0 aliphatic rings. The molecule has 1 aromatic carbocycles. The molecule has 2 N–H and O–H groups in total. The van der Waals surface area contributed by atoms with Crippen LogP contribution in [0.4, 0.5) is 0 Å². The van der Waals surface area contributed by atoms with Gasteiger partial charge in [0, 0.05) is 30.0 Å². The first-order valence-corrected chi connectivity index (χ1v) is 7.57. The molecule has 0 aliphatic carbocycles. The maximum atomic E-state index is 11.6. The highest BCUT2D eigenvalue weighted by molar-refractivity contribution is 9.10. The molecule has 0 radical (unpaired) electrons. The van der Waals surface area contributed by atoms with Crippen molar-refractivity contribution in [2.75, 3.05) is 6.54 Å². The second-order valence-corrected chi connectivity index (χ2v) is 5.74. The van der Waals surface area contributed by atoms with Crippen LogP contribution < -0.4 is 10.6 Å². The Labute approximate surface area is 124 Å². The minimum absolute atomic E-state index is 0.118. The minimum Gasteiger partial charge on any atom is -0.354 e. The van der Waals surface area contributed by atoms with Crippen LogP contribution in [0.15, 0.2) is 22.7 Å². The highest BCUT2D eigenvalue weighted by Gasteiger charge is 2.04. The number of hydrogen-bond acceptors (Lipinski definition) is 2. The van der Waals surface area contributed by atoms with E-state index in [9.17, 15) is 4.79 Å². The molecule has 1 unspecified atom stereocenters. The third-order valence-electron chi connectivity index (χ3n) is 3.11. The smallest absolute Gasteiger partial charge is 0.221 e. The van der Waals surface area contributed by atoms with E-state index in [-0.39, 0.29) is 11.9 Å². The SMILES string of the molecule is CCC(C)NC(=O)CCNCc1ccc(C)c(Br)c1. The molecule has 0 fully saturated rings. The summed E-state index contributed by atoms with van der Waals surface area (Å²) in [7, 11) is 0. The van der Waals surface area contributed by atoms with Crippen molar-refractivity contribution in [3.63, 3.8) is 0 Å². The molecule has 4 heteroatoms. The standard InChI is InChI=1S/C15H23BrN2O/c1-4-12(3)18-15(19)7-8-17-10-13-6-5-11(2)14(16)9-13/h5-6,9,12,17H,4,7-8,10H2,1-3H3,(H,18,19). The van der Waals surface area contributed by atoms with E-state index in [1.165, 1.54) is 11.1 Å². The summed E-state index contributed by atoms with van der Waals surface area (Å²) in [6, 6.07) is 6.57. The summed E-state index contributed by atoms with van der Waals surface area (Å²) >= 11 is 3.52. The van der Waals surface area contributed by atoms with Gasteiger partial charge in [0.15, 0.2) is 0 Å². The lowest BCUT2D eigenvalue weighted by atomic mass is 10.1. The summed E-state index contributed by atoms with van der Waals surface area (Å²) in [4.78, 5) is 11.6. The number of aryl methyl sites for hydroxylation is 1. The van der Waals surface area contributed by atoms with Crippen molar-refractivity contribution in [1.82, 2.24) is 10.6 Å². The lowest BCUT2D eigenvalue weighted by Gasteiger charge is -2.11. The summed E-state index contributed by atoms with van der Waals surface area (Å²) in [5, 5.41) is 6.25. The average Bonchev–Trinajstić information content (AvgIpc) is 2.38. The van der Waals surface area contributed by atoms with E-state index in [1.54, 1.807) is 0 Å². The Morgan fingerprint density at radius 1 is 1.42 bits per heavy atom. The Morgan fingerprint density at radius 2 is 2.16 bits per heavy atom. The van der Waals surface area contributed by atoms with E-state index in [2.05, 4.69) is 58.6 Å². The Morgan fingerprint density at radius 3 is 2.79 bits per heavy atom. The molecule has 0 saturated heterocycles. The van der Waals surface area contributed by atoms with Crippen molar-refractivity contribution in [3.8, 4) is 0 Å². The van der Waals surface area contributed by atoms with Crippen molar-refractivity contribution >= 4 is 21.8 Å². The summed E-state index contributed by atoms with van der Waals surface area (Å²) in [6.45, 7) is 7.65. The van der Waals surface area contributed by atoms with Gasteiger partial charge >= 0.3 is 0 Å². The van der Waals surface area contributed by atoms with Crippen molar-refractivity contribution in [1.29, 1.82) is 0 Å². The quantitative estimate of drug-likeness (QED) is 0.756. The first-order valence-electron chi connectivity index (χ1n) is 6.78. The summed E-state index contributed by atoms with van der Waals surface area (Å²) in [5.41, 5.74) is 2.46. The van der Waals surface area contributed by atoms with E-state index >= 15 is 0 Å². The summed E-state index contributed by atoms with van der Waals surface area (Å²) in [5.74, 6) is 0.118. The van der Waals surface area contributed by atoms with Crippen molar-refractivity contribution in [2.45, 2.75) is 46.2 Å². The molecular weight excluding hydrogens is 304 g/mol. The molecule has 106 valence electrons. The highest BCUT2D eigenvalue weighted by Crippen LogP contribution is 2.17. The van der Waals surface area contributed by atoms with Crippen LogP contribution in [-0.4, -0.2) is 18.5 Å². The van der Waals surface area contributed by atoms with E-state index < -0.39 is 0 Å². The zero-order valence-electron chi connectivity index (χ0n) is 11.9. The average molecular weight is 327 g/mol. The number of nitrogens with one attached hydrogen (secondary N) is 2. The Hall–Kier alpha value is -0.870. The molecule has 3 nitrogen and oxygen atoms in total. The van der Waals surface area contributed by atoms with Gasteiger partial charge in [-0.2, -0.15) is 0 Å². The van der Waals surface area contributed by atoms with Crippen LogP contribution in [0.3, 0.4) is 0 Å². The molecule has 0 spiro atoms. The number of carbonyl (C=O) groups excluding carboxylic acids is 1. The Bertz CT molecular complexity index is 421. The fourth-order valence-corrected chi connectivity index (χ4v) is 2.06. The molecule has 0 bridgehead atoms. The van der Waals surface area contributed by atoms with Crippen LogP contribution in [0.5, 0.6) is 0 Å². The summed E-state index contributed by atoms with van der Waals surface area (Å²) in [6.07, 6.45) is 1.49. The van der Waals surface area contributed by atoms with E-state index in [0.29, 0.717) is 13.0 Å². The fraction of sp³-hybridized carbons (Fsp3) is 0.533. The molecule has 0 aromatic heterocycles. The number of rotatable bonds is 7. The maximum Gasteiger partial charge on any atom is 0.221 e. The number of halogens is 1. The second-order valence-electron chi connectivity index (χ2n) is 4.89. The van der Waals surface area contributed by atoms with Gasteiger partial charge in [0.05, 0.1) is 0 Å². The third-order valence-corrected chi connectivity index (χ3v) is 3.97. The fourth-order valence-electron chi connectivity index (χ4n) is 1.63. The van der Waals surface area contributed by atoms with Gasteiger partial charge in [0.1, 0.15) is 0 Å². The molecule has 0 saturated carbocycles. The molecule has 1 atom stereocenters. The van der Waals surface area contributed by atoms with Gasteiger partial charge in [-0.15, -0.1) is 0 Å². The molecule has 1 amide bonds. The minimum atomic E-state index is 0.118. The monoisotopic (exact) mass is 326 g/mol. The number of amides is 1. The molecular formula is C15H23BrN2O. The largest absolute Gasteiger partial charge is 0.354 e. The van der Waals surface area contributed by atoms with E-state index in [0.717, 1.165) is 17.4 Å². The van der Waals surface area contributed by atoms with Gasteiger partial charge in [-0.25, -0.2) is 0 Å². The lowest BCUT2D eigenvalue weighted by Crippen LogP contribution is -2.33. The molecule has 0 heterocycles. The Kier molecular flexibility index (Phi) is 7.10. The van der Waals surface area contributed by atoms with Crippen LogP contribution in [0.1, 0.15) is 37.8 Å². The molecule has 1 rings (SSSR count). The zero-order chi connectivity index (χ0) is 14.3. The molecule has 0 aliphatic heterocycles. The third kappa shape index (κ3) is 6.21. The van der Waals surface area contributed by atoms with Gasteiger partial charge in [-0.3, -0.25) is 4.79 Å². The van der Waals surface area contributed by atoms with Gasteiger partial charge < -0.3 is 10.6 Å². The van der Waals surface area contributed by atoms with Gasteiger partial charge in [-0.05, 0) is 37.5 Å². The predicted octanol–water partition coefficient (Wildman–Crippen LogP) is 3.15. The van der Waals surface area contributed by atoms with Crippen LogP contribution in [0.25, 0.3) is 0 Å². The normalized spacial score (nSPS) is 12.2. The van der Waals surface area contributed by atoms with Crippen LogP contribution in [0.2, 0.25) is 0 Å². The van der Waals surface area contributed by atoms with Gasteiger partial charge in [-0.1, -0.05) is 35.0 Å². The van der Waals surface area contributed by atoms with Crippen LogP contribution in [-0.2, 0) is 11.3 Å². The Balaban J connectivity index is 2.23. The first-order chi connectivity index (χ1) is 9.02. The van der Waals surface area contributed by atoms with Gasteiger partial charge in [0.25, 0.3) is 0 Å². The van der Waals surface area contributed by atoms with E-state index in [4.69, 9.17) is 0 Å². The van der Waals surface area contributed by atoms with E-state index in [1.807, 2.05) is 6.92 Å². The second kappa shape index (κ2) is 8.33.